The lowest BCUT2D eigenvalue weighted by Gasteiger charge is -2.55. The van der Waals surface area contributed by atoms with Crippen molar-refractivity contribution < 1.29 is 4.52 Å². The number of halogens is 1. The van der Waals surface area contributed by atoms with Crippen molar-refractivity contribution in [3.05, 3.63) is 11.7 Å². The Labute approximate surface area is 144 Å². The molecular weight excluding hydrogens is 310 g/mol. The monoisotopic (exact) mass is 337 g/mol. The average Bonchev–Trinajstić information content (AvgIpc) is 2.96. The predicted molar refractivity (Wildman–Crippen MR) is 90.6 cm³/mol. The molecule has 0 aromatic carbocycles. The molecule has 6 rings (SSSR count). The molecule has 0 saturated heterocycles. The first-order chi connectivity index (χ1) is 10.7. The second-order valence-corrected chi connectivity index (χ2v) is 8.78. The van der Waals surface area contributed by atoms with E-state index in [4.69, 9.17) is 15.2 Å². The second kappa shape index (κ2) is 5.73. The fourth-order valence-corrected chi connectivity index (χ4v) is 6.45. The van der Waals surface area contributed by atoms with Crippen molar-refractivity contribution >= 4 is 12.4 Å². The summed E-state index contributed by atoms with van der Waals surface area (Å²) in [6.45, 7) is 0. The van der Waals surface area contributed by atoms with Gasteiger partial charge in [0.2, 0.25) is 5.89 Å². The lowest BCUT2D eigenvalue weighted by atomic mass is 9.49. The summed E-state index contributed by atoms with van der Waals surface area (Å²) in [7, 11) is 0. The predicted octanol–water partition coefficient (Wildman–Crippen LogP) is 3.94. The van der Waals surface area contributed by atoms with Crippen LogP contribution in [-0.4, -0.2) is 16.2 Å². The number of nitrogens with two attached hydrogens (primary N) is 1. The fraction of sp³-hybridized carbons (Fsp3) is 0.889. The van der Waals surface area contributed by atoms with Crippen LogP contribution in [0.15, 0.2) is 4.52 Å². The minimum atomic E-state index is 0. The Morgan fingerprint density at radius 2 is 1.61 bits per heavy atom. The molecular formula is C18H28ClN3O. The van der Waals surface area contributed by atoms with Crippen LogP contribution in [0.3, 0.4) is 0 Å². The molecule has 128 valence electrons. The number of nitrogens with zero attached hydrogens (tertiary/aromatic N) is 2. The van der Waals surface area contributed by atoms with Crippen LogP contribution >= 0.6 is 12.4 Å². The molecule has 2 N–H and O–H groups in total. The second-order valence-electron chi connectivity index (χ2n) is 8.78. The van der Waals surface area contributed by atoms with Gasteiger partial charge in [-0.2, -0.15) is 4.98 Å². The molecule has 5 aliphatic carbocycles. The highest BCUT2D eigenvalue weighted by Crippen LogP contribution is 2.60. The van der Waals surface area contributed by atoms with Crippen molar-refractivity contribution in [3.8, 4) is 0 Å². The van der Waals surface area contributed by atoms with Crippen molar-refractivity contribution in [2.45, 2.75) is 81.6 Å². The van der Waals surface area contributed by atoms with E-state index in [1.54, 1.807) is 0 Å². The van der Waals surface area contributed by atoms with E-state index >= 15 is 0 Å². The van der Waals surface area contributed by atoms with Crippen molar-refractivity contribution in [1.29, 1.82) is 0 Å². The van der Waals surface area contributed by atoms with Crippen molar-refractivity contribution in [2.75, 3.05) is 0 Å². The van der Waals surface area contributed by atoms with Crippen LogP contribution in [0.5, 0.6) is 0 Å². The van der Waals surface area contributed by atoms with Gasteiger partial charge in [0.15, 0.2) is 5.82 Å². The molecule has 0 aliphatic heterocycles. The maximum absolute atomic E-state index is 6.13. The van der Waals surface area contributed by atoms with E-state index in [1.165, 1.54) is 44.9 Å². The van der Waals surface area contributed by atoms with Crippen molar-refractivity contribution in [2.24, 2.45) is 23.5 Å². The third kappa shape index (κ3) is 2.62. The highest BCUT2D eigenvalue weighted by Gasteiger charge is 2.53. The Kier molecular flexibility index (Phi) is 3.96. The molecule has 4 nitrogen and oxygen atoms in total. The zero-order chi connectivity index (χ0) is 14.7. The zero-order valence-electron chi connectivity index (χ0n) is 13.7. The first kappa shape index (κ1) is 15.9. The molecule has 0 amide bonds. The molecule has 4 bridgehead atoms. The number of hydrogen-bond acceptors (Lipinski definition) is 4. The Balaban J connectivity index is 0.00000135. The van der Waals surface area contributed by atoms with Gasteiger partial charge in [-0.25, -0.2) is 0 Å². The molecule has 0 radical (unpaired) electrons. The molecule has 5 aliphatic rings. The van der Waals surface area contributed by atoms with Crippen LogP contribution in [-0.2, 0) is 5.41 Å². The first-order valence-corrected chi connectivity index (χ1v) is 9.30. The van der Waals surface area contributed by atoms with Gasteiger partial charge < -0.3 is 10.3 Å². The number of hydrogen-bond donors (Lipinski definition) is 1. The molecule has 5 fully saturated rings. The highest BCUT2D eigenvalue weighted by atomic mass is 35.5. The smallest absolute Gasteiger partial charge is 0.229 e. The molecule has 1 heterocycles. The van der Waals surface area contributed by atoms with Crippen LogP contribution < -0.4 is 5.73 Å². The van der Waals surface area contributed by atoms with Crippen molar-refractivity contribution in [1.82, 2.24) is 10.1 Å². The molecule has 1 aromatic rings. The number of aromatic nitrogens is 2. The lowest BCUT2D eigenvalue weighted by molar-refractivity contribution is -0.0103. The zero-order valence-corrected chi connectivity index (χ0v) is 14.6. The van der Waals surface area contributed by atoms with E-state index < -0.39 is 0 Å². The number of rotatable bonds is 2. The largest absolute Gasteiger partial charge is 0.339 e. The third-order valence-electron chi connectivity index (χ3n) is 7.02. The van der Waals surface area contributed by atoms with Crippen LogP contribution in [0.1, 0.15) is 81.8 Å². The van der Waals surface area contributed by atoms with Crippen molar-refractivity contribution in [3.63, 3.8) is 0 Å². The van der Waals surface area contributed by atoms with Gasteiger partial charge >= 0.3 is 0 Å². The van der Waals surface area contributed by atoms with Gasteiger partial charge in [0, 0.05) is 17.4 Å². The van der Waals surface area contributed by atoms with Crippen LogP contribution in [0, 0.1) is 17.8 Å². The normalized spacial score (nSPS) is 45.0. The Bertz CT molecular complexity index is 537. The molecule has 2 unspecified atom stereocenters. The van der Waals surface area contributed by atoms with E-state index in [1.807, 2.05) is 0 Å². The maximum Gasteiger partial charge on any atom is 0.229 e. The summed E-state index contributed by atoms with van der Waals surface area (Å²) in [5.41, 5.74) is 6.38. The van der Waals surface area contributed by atoms with E-state index in [-0.39, 0.29) is 17.8 Å². The fourth-order valence-electron chi connectivity index (χ4n) is 6.45. The Morgan fingerprint density at radius 1 is 0.957 bits per heavy atom. The van der Waals surface area contributed by atoms with Gasteiger partial charge in [-0.15, -0.1) is 12.4 Å². The van der Waals surface area contributed by atoms with Crippen LogP contribution in [0.25, 0.3) is 0 Å². The van der Waals surface area contributed by atoms with E-state index in [0.717, 1.165) is 48.7 Å². The quantitative estimate of drug-likeness (QED) is 0.887. The van der Waals surface area contributed by atoms with Gasteiger partial charge in [0.25, 0.3) is 0 Å². The minimum absolute atomic E-state index is 0. The molecule has 2 atom stereocenters. The standard InChI is InChI=1S/C18H27N3O.ClH/c19-15-3-1-2-14(7-15)16-20-17(21-22-16)18-8-11-4-12(9-18)6-13(5-11)10-18;/h11-15H,1-10,19H2;1H. The van der Waals surface area contributed by atoms with E-state index in [9.17, 15) is 0 Å². The third-order valence-corrected chi connectivity index (χ3v) is 7.02. The minimum Gasteiger partial charge on any atom is -0.339 e. The van der Waals surface area contributed by atoms with Crippen LogP contribution in [0.4, 0.5) is 0 Å². The first-order valence-electron chi connectivity index (χ1n) is 9.30. The molecule has 1 aromatic heterocycles. The van der Waals surface area contributed by atoms with Gasteiger partial charge in [0.1, 0.15) is 0 Å². The summed E-state index contributed by atoms with van der Waals surface area (Å²) < 4.78 is 5.73. The Morgan fingerprint density at radius 3 is 2.22 bits per heavy atom. The summed E-state index contributed by atoms with van der Waals surface area (Å²) in [4.78, 5) is 4.93. The Hall–Kier alpha value is -0.610. The molecule has 5 heteroatoms. The molecule has 5 saturated carbocycles. The van der Waals surface area contributed by atoms with Gasteiger partial charge in [-0.3, -0.25) is 0 Å². The lowest BCUT2D eigenvalue weighted by Crippen LogP contribution is -2.49. The average molecular weight is 338 g/mol. The van der Waals surface area contributed by atoms with E-state index in [0.29, 0.717) is 12.0 Å². The van der Waals surface area contributed by atoms with Crippen LogP contribution in [0.2, 0.25) is 0 Å². The topological polar surface area (TPSA) is 64.9 Å². The summed E-state index contributed by atoms with van der Waals surface area (Å²) in [5.74, 6) is 5.10. The van der Waals surface area contributed by atoms with Gasteiger partial charge in [0.05, 0.1) is 0 Å². The summed E-state index contributed by atoms with van der Waals surface area (Å²) in [5, 5.41) is 4.48. The van der Waals surface area contributed by atoms with E-state index in [2.05, 4.69) is 5.16 Å². The van der Waals surface area contributed by atoms with Gasteiger partial charge in [-0.05, 0) is 75.5 Å². The maximum atomic E-state index is 6.13. The summed E-state index contributed by atoms with van der Waals surface area (Å²) in [6, 6.07) is 0.314. The summed E-state index contributed by atoms with van der Waals surface area (Å²) >= 11 is 0. The molecule has 0 spiro atoms. The van der Waals surface area contributed by atoms with Gasteiger partial charge in [-0.1, -0.05) is 11.6 Å². The molecule has 23 heavy (non-hydrogen) atoms. The summed E-state index contributed by atoms with van der Waals surface area (Å²) in [6.07, 6.45) is 12.8. The highest BCUT2D eigenvalue weighted by molar-refractivity contribution is 5.85. The SMILES string of the molecule is Cl.NC1CCCC(c2nc(C34CC5CC(CC(C5)C3)C4)no2)C1.